The number of aromatic amines is 1. The van der Waals surface area contributed by atoms with E-state index in [1.165, 1.54) is 18.4 Å². The fraction of sp³-hybridized carbons (Fsp3) is 0.200. The Morgan fingerprint density at radius 2 is 1.97 bits per heavy atom. The molecular weight excluding hydrogens is 468 g/mol. The summed E-state index contributed by atoms with van der Waals surface area (Å²) >= 11 is 1.35. The highest BCUT2D eigenvalue weighted by Crippen LogP contribution is 2.36. The number of fused-ring (bicyclic) bond motifs is 1. The third-order valence-electron chi connectivity index (χ3n) is 5.59. The molecule has 35 heavy (non-hydrogen) atoms. The predicted octanol–water partition coefficient (Wildman–Crippen LogP) is 4.65. The van der Waals surface area contributed by atoms with E-state index in [4.69, 9.17) is 14.0 Å². The van der Waals surface area contributed by atoms with Gasteiger partial charge in [0.05, 0.1) is 25.8 Å². The van der Waals surface area contributed by atoms with E-state index in [0.717, 1.165) is 21.6 Å². The van der Waals surface area contributed by atoms with Crippen molar-refractivity contribution in [2.45, 2.75) is 20.4 Å². The van der Waals surface area contributed by atoms with Crippen molar-refractivity contribution < 1.29 is 18.8 Å². The quantitative estimate of drug-likeness (QED) is 0.331. The molecule has 5 rings (SSSR count). The second-order valence-corrected chi connectivity index (χ2v) is 9.00. The molecule has 1 N–H and O–H groups in total. The summed E-state index contributed by atoms with van der Waals surface area (Å²) in [5, 5.41) is 3.91. The number of nitrogens with zero attached hydrogens (tertiary/aromatic N) is 3. The fourth-order valence-electron chi connectivity index (χ4n) is 4.06. The van der Waals surface area contributed by atoms with Gasteiger partial charge in [0.2, 0.25) is 0 Å². The normalized spacial score (nSPS) is 11.2. The number of nitrogens with one attached hydrogen (secondary N) is 1. The van der Waals surface area contributed by atoms with Crippen LogP contribution in [0.1, 0.15) is 27.0 Å². The lowest BCUT2D eigenvalue weighted by Crippen LogP contribution is -2.08. The molecule has 5 aromatic rings. The number of esters is 1. The summed E-state index contributed by atoms with van der Waals surface area (Å²) in [6.07, 6.45) is 0. The third-order valence-corrected chi connectivity index (χ3v) is 6.65. The minimum Gasteiger partial charge on any atom is -0.465 e. The number of hydrogen-bond donors (Lipinski definition) is 1. The molecule has 0 atom stereocenters. The molecule has 0 radical (unpaired) electrons. The number of benzene rings is 2. The van der Waals surface area contributed by atoms with Crippen molar-refractivity contribution in [3.05, 3.63) is 74.4 Å². The lowest BCUT2D eigenvalue weighted by molar-refractivity contribution is 0.0608. The van der Waals surface area contributed by atoms with Crippen molar-refractivity contribution in [2.75, 3.05) is 13.7 Å². The zero-order chi connectivity index (χ0) is 24.5. The molecule has 9 nitrogen and oxygen atoms in total. The minimum absolute atomic E-state index is 0.332. The molecular formula is C25H22N4O5S. The minimum atomic E-state index is -0.629. The molecule has 2 aromatic carbocycles. The molecule has 3 aromatic heterocycles. The van der Waals surface area contributed by atoms with E-state index in [-0.39, 0.29) is 0 Å². The number of carbonyl (C=O) groups excluding carboxylic acids is 1. The average Bonchev–Trinajstić information content (AvgIpc) is 3.55. The maximum atomic E-state index is 12.5. The lowest BCUT2D eigenvalue weighted by atomic mass is 9.97. The zero-order valence-electron chi connectivity index (χ0n) is 19.3. The second kappa shape index (κ2) is 9.22. The van der Waals surface area contributed by atoms with Crippen LogP contribution in [0.2, 0.25) is 0 Å². The predicted molar refractivity (Wildman–Crippen MR) is 132 cm³/mol. The number of carbonyl (C=O) groups is 1. The fourth-order valence-corrected chi connectivity index (χ4v) is 5.07. The van der Waals surface area contributed by atoms with Gasteiger partial charge in [0, 0.05) is 10.4 Å². The highest BCUT2D eigenvalue weighted by molar-refractivity contribution is 7.15. The third kappa shape index (κ3) is 4.12. The zero-order valence-corrected chi connectivity index (χ0v) is 20.1. The Balaban J connectivity index is 1.66. The van der Waals surface area contributed by atoms with Crippen LogP contribution in [-0.2, 0) is 11.3 Å². The number of imidazole rings is 1. The van der Waals surface area contributed by atoms with Crippen LogP contribution in [0.3, 0.4) is 0 Å². The summed E-state index contributed by atoms with van der Waals surface area (Å²) in [6.45, 7) is 4.60. The number of rotatable bonds is 7. The van der Waals surface area contributed by atoms with Crippen LogP contribution in [0.15, 0.2) is 57.8 Å². The first-order chi connectivity index (χ1) is 17.0. The first kappa shape index (κ1) is 22.6. The van der Waals surface area contributed by atoms with Gasteiger partial charge >= 0.3 is 11.7 Å². The van der Waals surface area contributed by atoms with Gasteiger partial charge in [0.25, 0.3) is 6.01 Å². The molecule has 10 heteroatoms. The van der Waals surface area contributed by atoms with Crippen LogP contribution in [-0.4, -0.2) is 39.4 Å². The summed E-state index contributed by atoms with van der Waals surface area (Å²) in [7, 11) is 1.36. The van der Waals surface area contributed by atoms with Crippen molar-refractivity contribution >= 4 is 28.3 Å². The largest absolute Gasteiger partial charge is 0.465 e. The van der Waals surface area contributed by atoms with Gasteiger partial charge in [-0.05, 0) is 36.6 Å². The van der Waals surface area contributed by atoms with Crippen LogP contribution in [0.25, 0.3) is 33.5 Å². The van der Waals surface area contributed by atoms with E-state index in [1.54, 1.807) is 0 Å². The van der Waals surface area contributed by atoms with Gasteiger partial charge in [-0.25, -0.2) is 9.59 Å². The van der Waals surface area contributed by atoms with Gasteiger partial charge in [-0.3, -0.25) is 14.1 Å². The molecule has 178 valence electrons. The number of ether oxygens (including phenoxy) is 2. The lowest BCUT2D eigenvalue weighted by Gasteiger charge is -2.13. The summed E-state index contributed by atoms with van der Waals surface area (Å²) in [5.41, 5.74) is 4.85. The molecule has 0 aliphatic heterocycles. The SMILES string of the molecule is CCOc1nc2c(C)sc(C(=O)OC)c2n1Cc1ccc(-c2ccccc2)c(-c2noc(=O)[nH]2)c1. The van der Waals surface area contributed by atoms with E-state index < -0.39 is 11.7 Å². The van der Waals surface area contributed by atoms with E-state index in [9.17, 15) is 9.59 Å². The van der Waals surface area contributed by atoms with Crippen molar-refractivity contribution in [3.63, 3.8) is 0 Å². The molecule has 0 amide bonds. The van der Waals surface area contributed by atoms with Crippen molar-refractivity contribution in [1.29, 1.82) is 0 Å². The molecule has 0 aliphatic carbocycles. The van der Waals surface area contributed by atoms with E-state index in [0.29, 0.717) is 46.5 Å². The first-order valence-corrected chi connectivity index (χ1v) is 11.8. The number of thiophene rings is 1. The molecule has 0 bridgehead atoms. The number of aromatic nitrogens is 4. The standard InChI is InChI=1S/C25H22N4O5S/c1-4-33-24-26-19-14(2)35-21(23(30)32-3)20(19)29(24)13-15-10-11-17(16-8-6-5-7-9-16)18(12-15)22-27-25(31)34-28-22/h5-12H,4,13H2,1-3H3,(H,27,28,31). The van der Waals surface area contributed by atoms with E-state index in [1.807, 2.05) is 66.9 Å². The monoisotopic (exact) mass is 490 g/mol. The molecule has 0 saturated heterocycles. The van der Waals surface area contributed by atoms with E-state index in [2.05, 4.69) is 15.1 Å². The van der Waals surface area contributed by atoms with Crippen molar-refractivity contribution in [1.82, 2.24) is 19.7 Å². The molecule has 0 fully saturated rings. The molecule has 0 saturated carbocycles. The molecule has 0 aliphatic rings. The van der Waals surface area contributed by atoms with E-state index >= 15 is 0 Å². The average molecular weight is 491 g/mol. The summed E-state index contributed by atoms with van der Waals surface area (Å²) < 4.78 is 17.5. The highest BCUT2D eigenvalue weighted by atomic mass is 32.1. The second-order valence-electron chi connectivity index (χ2n) is 7.78. The Morgan fingerprint density at radius 3 is 2.66 bits per heavy atom. The highest BCUT2D eigenvalue weighted by Gasteiger charge is 2.25. The summed E-state index contributed by atoms with van der Waals surface area (Å²) in [4.78, 5) is 32.9. The molecule has 0 spiro atoms. The number of hydrogen-bond acceptors (Lipinski definition) is 8. The maximum Gasteiger partial charge on any atom is 0.439 e. The van der Waals surface area contributed by atoms with Crippen LogP contribution in [0.5, 0.6) is 6.01 Å². The summed E-state index contributed by atoms with van der Waals surface area (Å²) in [5.74, 6) is -0.716. The Kier molecular flexibility index (Phi) is 5.96. The van der Waals surface area contributed by atoms with Crippen molar-refractivity contribution in [3.8, 4) is 28.5 Å². The number of H-pyrrole nitrogens is 1. The van der Waals surface area contributed by atoms with Crippen molar-refractivity contribution in [2.24, 2.45) is 0 Å². The van der Waals surface area contributed by atoms with Crippen LogP contribution < -0.4 is 10.5 Å². The van der Waals surface area contributed by atoms with Gasteiger partial charge < -0.3 is 9.47 Å². The first-order valence-electron chi connectivity index (χ1n) is 11.0. The van der Waals surface area contributed by atoms with Crippen LogP contribution in [0.4, 0.5) is 0 Å². The van der Waals surface area contributed by atoms with Crippen LogP contribution in [0, 0.1) is 6.92 Å². The Hall–Kier alpha value is -4.18. The van der Waals surface area contributed by atoms with Gasteiger partial charge in [0.1, 0.15) is 10.4 Å². The maximum absolute atomic E-state index is 12.5. The smallest absolute Gasteiger partial charge is 0.439 e. The van der Waals surface area contributed by atoms with Crippen LogP contribution >= 0.6 is 11.3 Å². The number of methoxy groups -OCH3 is 1. The Labute approximate surface area is 203 Å². The van der Waals surface area contributed by atoms with Gasteiger partial charge in [-0.1, -0.05) is 47.6 Å². The van der Waals surface area contributed by atoms with Gasteiger partial charge in [0.15, 0.2) is 5.82 Å². The molecule has 0 unspecified atom stereocenters. The number of aryl methyl sites for hydroxylation is 1. The Bertz CT molecular complexity index is 1580. The van der Waals surface area contributed by atoms with Gasteiger partial charge in [-0.15, -0.1) is 11.3 Å². The Morgan fingerprint density at radius 1 is 1.17 bits per heavy atom. The topological polar surface area (TPSA) is 112 Å². The van der Waals surface area contributed by atoms with Gasteiger partial charge in [-0.2, -0.15) is 4.98 Å². The molecule has 3 heterocycles. The summed E-state index contributed by atoms with van der Waals surface area (Å²) in [6, 6.07) is 16.1.